The van der Waals surface area contributed by atoms with Gasteiger partial charge in [0.15, 0.2) is 0 Å². The molecule has 2 aromatic carbocycles. The highest BCUT2D eigenvalue weighted by Crippen LogP contribution is 2.18. The van der Waals surface area contributed by atoms with E-state index in [1.807, 2.05) is 60.8 Å². The fraction of sp³-hybridized carbons (Fsp3) is 0.0625. The number of ether oxygens (including phenoxy) is 1. The molecule has 0 fully saturated rings. The van der Waals surface area contributed by atoms with Gasteiger partial charge in [-0.05, 0) is 35.4 Å². The Balaban J connectivity index is 2.21. The van der Waals surface area contributed by atoms with Crippen molar-refractivity contribution in [3.05, 3.63) is 66.2 Å². The molecule has 0 unspecified atom stereocenters. The highest BCUT2D eigenvalue weighted by molar-refractivity contribution is 5.86. The normalized spacial score (nSPS) is 10.5. The Labute approximate surface area is 107 Å². The monoisotopic (exact) mass is 237 g/mol. The van der Waals surface area contributed by atoms with E-state index in [1.165, 1.54) is 0 Å². The molecule has 0 aliphatic rings. The quantitative estimate of drug-likeness (QED) is 0.734. The summed E-state index contributed by atoms with van der Waals surface area (Å²) in [4.78, 5) is 4.43. The van der Waals surface area contributed by atoms with Crippen molar-refractivity contribution in [1.82, 2.24) is 0 Å². The van der Waals surface area contributed by atoms with E-state index in [1.54, 1.807) is 7.11 Å². The van der Waals surface area contributed by atoms with Crippen LogP contribution >= 0.6 is 0 Å². The molecule has 0 aromatic heterocycles. The molecule has 0 aliphatic heterocycles. The van der Waals surface area contributed by atoms with Gasteiger partial charge in [-0.15, -0.1) is 0 Å². The zero-order valence-corrected chi connectivity index (χ0v) is 10.3. The first-order chi connectivity index (χ1) is 8.83. The number of methoxy groups -OCH3 is 1. The van der Waals surface area contributed by atoms with Gasteiger partial charge in [-0.25, -0.2) is 0 Å². The van der Waals surface area contributed by atoms with E-state index >= 15 is 0 Å². The summed E-state index contributed by atoms with van der Waals surface area (Å²) >= 11 is 0. The second kappa shape index (κ2) is 5.82. The standard InChI is InChI=1S/C16H15NO/c1-3-13-6-4-5-7-14(13)12-17-15-8-10-16(18-2)11-9-15/h3-12H,1H2,2H3/b17-12-. The maximum Gasteiger partial charge on any atom is 0.119 e. The summed E-state index contributed by atoms with van der Waals surface area (Å²) in [7, 11) is 1.65. The third-order valence-electron chi connectivity index (χ3n) is 2.64. The number of hydrogen-bond acceptors (Lipinski definition) is 2. The van der Waals surface area contributed by atoms with E-state index in [9.17, 15) is 0 Å². The van der Waals surface area contributed by atoms with Gasteiger partial charge in [0, 0.05) is 6.21 Å². The van der Waals surface area contributed by atoms with Gasteiger partial charge in [-0.3, -0.25) is 4.99 Å². The number of benzene rings is 2. The van der Waals surface area contributed by atoms with Gasteiger partial charge in [-0.1, -0.05) is 36.9 Å². The molecule has 18 heavy (non-hydrogen) atoms. The van der Waals surface area contributed by atoms with Crippen LogP contribution in [0.25, 0.3) is 6.08 Å². The zero-order chi connectivity index (χ0) is 12.8. The van der Waals surface area contributed by atoms with Gasteiger partial charge in [0.1, 0.15) is 5.75 Å². The van der Waals surface area contributed by atoms with Crippen LogP contribution in [0.1, 0.15) is 11.1 Å². The number of aliphatic imine (C=N–C) groups is 1. The minimum Gasteiger partial charge on any atom is -0.497 e. The van der Waals surface area contributed by atoms with Crippen molar-refractivity contribution < 1.29 is 4.74 Å². The topological polar surface area (TPSA) is 21.6 Å². The molecule has 0 radical (unpaired) electrons. The van der Waals surface area contributed by atoms with Crippen LogP contribution in [-0.4, -0.2) is 13.3 Å². The van der Waals surface area contributed by atoms with Crippen LogP contribution < -0.4 is 4.74 Å². The second-order valence-corrected chi connectivity index (χ2v) is 3.79. The molecule has 0 saturated carbocycles. The number of hydrogen-bond donors (Lipinski definition) is 0. The summed E-state index contributed by atoms with van der Waals surface area (Å²) in [6, 6.07) is 15.6. The van der Waals surface area contributed by atoms with Gasteiger partial charge >= 0.3 is 0 Å². The van der Waals surface area contributed by atoms with Crippen molar-refractivity contribution in [2.24, 2.45) is 4.99 Å². The van der Waals surface area contributed by atoms with Gasteiger partial charge < -0.3 is 4.74 Å². The molecular formula is C16H15NO. The lowest BCUT2D eigenvalue weighted by Crippen LogP contribution is -1.85. The largest absolute Gasteiger partial charge is 0.497 e. The van der Waals surface area contributed by atoms with Crippen LogP contribution in [0, 0.1) is 0 Å². The van der Waals surface area contributed by atoms with E-state index in [0.717, 1.165) is 22.6 Å². The van der Waals surface area contributed by atoms with E-state index < -0.39 is 0 Å². The van der Waals surface area contributed by atoms with Crippen molar-refractivity contribution in [3.8, 4) is 5.75 Å². The van der Waals surface area contributed by atoms with Crippen LogP contribution in [0.2, 0.25) is 0 Å². The highest BCUT2D eigenvalue weighted by Gasteiger charge is 1.95. The third-order valence-corrected chi connectivity index (χ3v) is 2.64. The van der Waals surface area contributed by atoms with Crippen LogP contribution in [0.4, 0.5) is 5.69 Å². The molecule has 0 atom stereocenters. The van der Waals surface area contributed by atoms with Crippen molar-refractivity contribution >= 4 is 18.0 Å². The average molecular weight is 237 g/mol. The molecule has 0 spiro atoms. The first kappa shape index (κ1) is 12.1. The van der Waals surface area contributed by atoms with Crippen LogP contribution in [0.3, 0.4) is 0 Å². The summed E-state index contributed by atoms with van der Waals surface area (Å²) in [5.74, 6) is 0.834. The summed E-state index contributed by atoms with van der Waals surface area (Å²) in [5, 5.41) is 0. The first-order valence-electron chi connectivity index (χ1n) is 5.73. The van der Waals surface area contributed by atoms with Crippen molar-refractivity contribution in [2.45, 2.75) is 0 Å². The molecule has 0 amide bonds. The molecule has 2 aromatic rings. The summed E-state index contributed by atoms with van der Waals surface area (Å²) in [6.07, 6.45) is 3.67. The van der Waals surface area contributed by atoms with Gasteiger partial charge in [0.2, 0.25) is 0 Å². The Kier molecular flexibility index (Phi) is 3.92. The first-order valence-corrected chi connectivity index (χ1v) is 5.73. The van der Waals surface area contributed by atoms with Crippen LogP contribution in [-0.2, 0) is 0 Å². The predicted molar refractivity (Wildman–Crippen MR) is 76.8 cm³/mol. The Hall–Kier alpha value is -2.35. The molecule has 2 heteroatoms. The lowest BCUT2D eigenvalue weighted by Gasteiger charge is -2.00. The van der Waals surface area contributed by atoms with E-state index in [-0.39, 0.29) is 0 Å². The second-order valence-electron chi connectivity index (χ2n) is 3.79. The molecule has 0 aliphatic carbocycles. The minimum absolute atomic E-state index is 0.834. The fourth-order valence-electron chi connectivity index (χ4n) is 1.63. The fourth-order valence-corrected chi connectivity index (χ4v) is 1.63. The van der Waals surface area contributed by atoms with E-state index in [2.05, 4.69) is 11.6 Å². The van der Waals surface area contributed by atoms with Crippen molar-refractivity contribution in [3.63, 3.8) is 0 Å². The lowest BCUT2D eigenvalue weighted by molar-refractivity contribution is 0.415. The molecule has 90 valence electrons. The van der Waals surface area contributed by atoms with Crippen molar-refractivity contribution in [1.29, 1.82) is 0 Å². The molecule has 0 bridgehead atoms. The molecule has 2 nitrogen and oxygen atoms in total. The molecule has 0 N–H and O–H groups in total. The van der Waals surface area contributed by atoms with E-state index in [4.69, 9.17) is 4.74 Å². The van der Waals surface area contributed by atoms with Crippen LogP contribution in [0.15, 0.2) is 60.1 Å². The maximum atomic E-state index is 5.10. The molecule has 2 rings (SSSR count). The Morgan fingerprint density at radius 3 is 2.28 bits per heavy atom. The SMILES string of the molecule is C=Cc1ccccc1/C=N\c1ccc(OC)cc1. The number of rotatable bonds is 4. The smallest absolute Gasteiger partial charge is 0.119 e. The lowest BCUT2D eigenvalue weighted by atomic mass is 10.1. The Bertz CT molecular complexity index is 556. The van der Waals surface area contributed by atoms with Gasteiger partial charge in [0.25, 0.3) is 0 Å². The highest BCUT2D eigenvalue weighted by atomic mass is 16.5. The molecule has 0 heterocycles. The van der Waals surface area contributed by atoms with Gasteiger partial charge in [-0.2, -0.15) is 0 Å². The summed E-state index contributed by atoms with van der Waals surface area (Å²) in [5.41, 5.74) is 3.03. The minimum atomic E-state index is 0.834. The predicted octanol–water partition coefficient (Wildman–Crippen LogP) is 4.09. The Morgan fingerprint density at radius 2 is 1.67 bits per heavy atom. The van der Waals surface area contributed by atoms with E-state index in [0.29, 0.717) is 0 Å². The third kappa shape index (κ3) is 2.86. The summed E-state index contributed by atoms with van der Waals surface area (Å²) in [6.45, 7) is 3.79. The molecular weight excluding hydrogens is 222 g/mol. The zero-order valence-electron chi connectivity index (χ0n) is 10.3. The van der Waals surface area contributed by atoms with Crippen LogP contribution in [0.5, 0.6) is 5.75 Å². The number of nitrogens with zero attached hydrogens (tertiary/aromatic N) is 1. The van der Waals surface area contributed by atoms with Gasteiger partial charge in [0.05, 0.1) is 12.8 Å². The summed E-state index contributed by atoms with van der Waals surface area (Å²) < 4.78 is 5.10. The maximum absolute atomic E-state index is 5.10. The molecule has 0 saturated heterocycles. The van der Waals surface area contributed by atoms with Crippen molar-refractivity contribution in [2.75, 3.05) is 7.11 Å². The Morgan fingerprint density at radius 1 is 1.00 bits per heavy atom. The average Bonchev–Trinajstić information content (AvgIpc) is 2.46.